The Bertz CT molecular complexity index is 756. The molecule has 25 heavy (non-hydrogen) atoms. The van der Waals surface area contributed by atoms with Crippen LogP contribution < -0.4 is 0 Å². The second-order valence-electron chi connectivity index (χ2n) is 7.73. The highest BCUT2D eigenvalue weighted by atomic mass is 16.5. The number of ether oxygens (including phenoxy) is 1. The van der Waals surface area contributed by atoms with Gasteiger partial charge in [-0.15, -0.1) is 0 Å². The summed E-state index contributed by atoms with van der Waals surface area (Å²) in [5, 5.41) is 7.21. The number of carbonyl (C=O) groups excluding carboxylic acids is 1. The lowest BCUT2D eigenvalue weighted by Gasteiger charge is -2.27. The Morgan fingerprint density at radius 3 is 2.52 bits per heavy atom. The summed E-state index contributed by atoms with van der Waals surface area (Å²) in [7, 11) is 1.68. The van der Waals surface area contributed by atoms with Gasteiger partial charge < -0.3 is 9.64 Å². The number of methoxy groups -OCH3 is 1. The van der Waals surface area contributed by atoms with Gasteiger partial charge in [-0.2, -0.15) is 5.10 Å². The van der Waals surface area contributed by atoms with Crippen LogP contribution in [0.3, 0.4) is 0 Å². The lowest BCUT2D eigenvalue weighted by Crippen LogP contribution is -2.31. The number of benzene rings is 1. The molecule has 5 nitrogen and oxygen atoms in total. The van der Waals surface area contributed by atoms with Crippen molar-refractivity contribution in [1.82, 2.24) is 15.1 Å². The molecule has 1 atom stereocenters. The third-order valence-corrected chi connectivity index (χ3v) is 4.88. The van der Waals surface area contributed by atoms with E-state index in [9.17, 15) is 4.79 Å². The molecule has 1 unspecified atom stereocenters. The van der Waals surface area contributed by atoms with Gasteiger partial charge in [0.2, 0.25) is 0 Å². The Kier molecular flexibility index (Phi) is 4.69. The number of aromatic amines is 1. The summed E-state index contributed by atoms with van der Waals surface area (Å²) in [5.41, 5.74) is 5.05. The average Bonchev–Trinajstić information content (AvgIpc) is 3.07. The first-order valence-electron chi connectivity index (χ1n) is 8.80. The Morgan fingerprint density at radius 1 is 1.24 bits per heavy atom. The second-order valence-corrected chi connectivity index (χ2v) is 7.73. The monoisotopic (exact) mass is 341 g/mol. The van der Waals surface area contributed by atoms with E-state index in [0.717, 1.165) is 23.2 Å². The normalized spacial score (nSPS) is 17.2. The molecule has 0 radical (unpaired) electrons. The van der Waals surface area contributed by atoms with Crippen molar-refractivity contribution in [3.63, 3.8) is 0 Å². The van der Waals surface area contributed by atoms with Crippen molar-refractivity contribution in [3.8, 4) is 0 Å². The number of H-pyrrole nitrogens is 1. The molecular weight excluding hydrogens is 314 g/mol. The molecule has 0 spiro atoms. The zero-order chi connectivity index (χ0) is 18.2. The highest BCUT2D eigenvalue weighted by Crippen LogP contribution is 2.39. The summed E-state index contributed by atoms with van der Waals surface area (Å²) in [6.07, 6.45) is 0.811. The molecule has 0 fully saturated rings. The zero-order valence-electron chi connectivity index (χ0n) is 15.7. The minimum Gasteiger partial charge on any atom is -0.385 e. The van der Waals surface area contributed by atoms with Crippen LogP contribution in [0.2, 0.25) is 0 Å². The average molecular weight is 341 g/mol. The third kappa shape index (κ3) is 3.21. The number of nitrogens with one attached hydrogen (secondary N) is 1. The minimum absolute atomic E-state index is 0.000325. The maximum atomic E-state index is 12.8. The molecule has 0 saturated carbocycles. The predicted octanol–water partition coefficient (Wildman–Crippen LogP) is 3.60. The largest absolute Gasteiger partial charge is 0.385 e. The molecule has 0 aliphatic carbocycles. The standard InChI is InChI=1S/C20H27N3O2/c1-13-16-17(22-21-13)19(24)23(11-6-12-25-5)18(16)14-7-9-15(10-8-14)20(2,3)4/h7-10,18H,6,11-12H2,1-5H3,(H,21,22). The predicted molar refractivity (Wildman–Crippen MR) is 97.8 cm³/mol. The van der Waals surface area contributed by atoms with E-state index in [1.807, 2.05) is 11.8 Å². The van der Waals surface area contributed by atoms with Crippen molar-refractivity contribution in [2.24, 2.45) is 0 Å². The van der Waals surface area contributed by atoms with Gasteiger partial charge in [0.05, 0.1) is 6.04 Å². The Labute approximate surface area is 149 Å². The Morgan fingerprint density at radius 2 is 1.92 bits per heavy atom. The van der Waals surface area contributed by atoms with Gasteiger partial charge in [-0.05, 0) is 29.9 Å². The summed E-state index contributed by atoms with van der Waals surface area (Å²) in [6.45, 7) is 9.90. The van der Waals surface area contributed by atoms with Gasteiger partial charge in [-0.3, -0.25) is 9.89 Å². The molecule has 1 aromatic carbocycles. The van der Waals surface area contributed by atoms with Crippen molar-refractivity contribution >= 4 is 5.91 Å². The molecule has 2 heterocycles. The number of hydrogen-bond donors (Lipinski definition) is 1. The lowest BCUT2D eigenvalue weighted by molar-refractivity contribution is 0.0722. The van der Waals surface area contributed by atoms with Gasteiger partial charge >= 0.3 is 0 Å². The molecule has 5 heteroatoms. The molecule has 0 saturated heterocycles. The quantitative estimate of drug-likeness (QED) is 0.846. The van der Waals surface area contributed by atoms with Crippen LogP contribution in [0.5, 0.6) is 0 Å². The minimum atomic E-state index is -0.0767. The molecule has 1 N–H and O–H groups in total. The number of rotatable bonds is 5. The van der Waals surface area contributed by atoms with Crippen LogP contribution in [-0.2, 0) is 10.2 Å². The van der Waals surface area contributed by atoms with Crippen LogP contribution in [0.25, 0.3) is 0 Å². The molecule has 1 aliphatic heterocycles. The first-order valence-corrected chi connectivity index (χ1v) is 8.80. The summed E-state index contributed by atoms with van der Waals surface area (Å²) in [4.78, 5) is 14.7. The number of carbonyl (C=O) groups is 1. The molecule has 3 rings (SSSR count). The molecule has 0 bridgehead atoms. The van der Waals surface area contributed by atoms with Gasteiger partial charge in [0.15, 0.2) is 5.69 Å². The van der Waals surface area contributed by atoms with E-state index < -0.39 is 0 Å². The van der Waals surface area contributed by atoms with Crippen LogP contribution in [0.1, 0.15) is 66.1 Å². The SMILES string of the molecule is COCCCN1C(=O)c2n[nH]c(C)c2C1c1ccc(C(C)(C)C)cc1. The van der Waals surface area contributed by atoms with E-state index in [2.05, 4.69) is 55.2 Å². The van der Waals surface area contributed by atoms with Crippen LogP contribution in [0.4, 0.5) is 0 Å². The zero-order valence-corrected chi connectivity index (χ0v) is 15.7. The lowest BCUT2D eigenvalue weighted by atomic mass is 9.86. The number of fused-ring (bicyclic) bond motifs is 1. The van der Waals surface area contributed by atoms with Crippen LogP contribution in [0.15, 0.2) is 24.3 Å². The fraction of sp³-hybridized carbons (Fsp3) is 0.500. The summed E-state index contributed by atoms with van der Waals surface area (Å²) in [6, 6.07) is 8.54. The number of aromatic nitrogens is 2. The highest BCUT2D eigenvalue weighted by Gasteiger charge is 2.41. The van der Waals surface area contributed by atoms with Gasteiger partial charge in [0.25, 0.3) is 5.91 Å². The van der Waals surface area contributed by atoms with Crippen molar-refractivity contribution < 1.29 is 9.53 Å². The van der Waals surface area contributed by atoms with Crippen molar-refractivity contribution in [3.05, 3.63) is 52.3 Å². The van der Waals surface area contributed by atoms with E-state index in [-0.39, 0.29) is 17.4 Å². The Balaban J connectivity index is 1.97. The smallest absolute Gasteiger partial charge is 0.275 e. The van der Waals surface area contributed by atoms with Crippen LogP contribution >= 0.6 is 0 Å². The van der Waals surface area contributed by atoms with E-state index in [1.165, 1.54) is 5.56 Å². The first kappa shape index (κ1) is 17.7. The van der Waals surface area contributed by atoms with Gasteiger partial charge in [-0.1, -0.05) is 45.0 Å². The fourth-order valence-corrected chi connectivity index (χ4v) is 3.47. The maximum absolute atomic E-state index is 12.8. The van der Waals surface area contributed by atoms with E-state index >= 15 is 0 Å². The van der Waals surface area contributed by atoms with Gasteiger partial charge in [0.1, 0.15) is 0 Å². The van der Waals surface area contributed by atoms with Gasteiger partial charge in [-0.25, -0.2) is 0 Å². The van der Waals surface area contributed by atoms with E-state index in [4.69, 9.17) is 4.74 Å². The van der Waals surface area contributed by atoms with E-state index in [1.54, 1.807) is 7.11 Å². The molecule has 1 aliphatic rings. The van der Waals surface area contributed by atoms with Crippen molar-refractivity contribution in [2.75, 3.05) is 20.3 Å². The van der Waals surface area contributed by atoms with Crippen molar-refractivity contribution in [1.29, 1.82) is 0 Å². The first-order chi connectivity index (χ1) is 11.8. The van der Waals surface area contributed by atoms with Crippen molar-refractivity contribution in [2.45, 2.75) is 45.6 Å². The van der Waals surface area contributed by atoms with E-state index in [0.29, 0.717) is 18.8 Å². The summed E-state index contributed by atoms with van der Waals surface area (Å²) in [5.74, 6) is 0.000325. The number of nitrogens with zero attached hydrogens (tertiary/aromatic N) is 2. The molecule has 134 valence electrons. The molecule has 1 amide bonds. The maximum Gasteiger partial charge on any atom is 0.275 e. The van der Waals surface area contributed by atoms with Crippen LogP contribution in [0, 0.1) is 6.92 Å². The number of hydrogen-bond acceptors (Lipinski definition) is 3. The second kappa shape index (κ2) is 6.64. The topological polar surface area (TPSA) is 58.2 Å². The molecule has 2 aromatic rings. The highest BCUT2D eigenvalue weighted by molar-refractivity contribution is 5.98. The van der Waals surface area contributed by atoms with Crippen LogP contribution in [-0.4, -0.2) is 41.3 Å². The summed E-state index contributed by atoms with van der Waals surface area (Å²) < 4.78 is 5.15. The fourth-order valence-electron chi connectivity index (χ4n) is 3.47. The number of aryl methyl sites for hydroxylation is 1. The van der Waals surface area contributed by atoms with Gasteiger partial charge in [0, 0.05) is 31.5 Å². The number of amides is 1. The Hall–Kier alpha value is -2.14. The molecule has 1 aromatic heterocycles. The third-order valence-electron chi connectivity index (χ3n) is 4.88. The summed E-state index contributed by atoms with van der Waals surface area (Å²) >= 11 is 0. The molecular formula is C20H27N3O2.